The lowest BCUT2D eigenvalue weighted by Crippen LogP contribution is -2.33. The molecule has 1 fully saturated rings. The lowest BCUT2D eigenvalue weighted by molar-refractivity contribution is -0.115. The number of nitrogens with one attached hydrogen (secondary N) is 2. The Kier molecular flexibility index (Phi) is 6.52. The monoisotopic (exact) mass is 308 g/mol. The maximum Gasteiger partial charge on any atom is 0.238 e. The van der Waals surface area contributed by atoms with Gasteiger partial charge in [-0.15, -0.1) is 0 Å². The molecule has 0 radical (unpaired) electrons. The predicted octanol–water partition coefficient (Wildman–Crippen LogP) is 4.08. The third-order valence-corrected chi connectivity index (χ3v) is 4.64. The van der Waals surface area contributed by atoms with Crippen LogP contribution in [0.2, 0.25) is 5.02 Å². The zero-order valence-electron chi connectivity index (χ0n) is 12.7. The normalized spacial score (nSPS) is 22.0. The van der Waals surface area contributed by atoms with Crippen molar-refractivity contribution in [2.75, 3.05) is 18.4 Å². The topological polar surface area (TPSA) is 41.1 Å². The highest BCUT2D eigenvalue weighted by Gasteiger charge is 2.19. The Morgan fingerprint density at radius 2 is 1.76 bits per heavy atom. The van der Waals surface area contributed by atoms with Crippen LogP contribution in [0, 0.1) is 11.8 Å². The maximum atomic E-state index is 11.8. The van der Waals surface area contributed by atoms with Gasteiger partial charge in [0, 0.05) is 10.7 Å². The highest BCUT2D eigenvalue weighted by molar-refractivity contribution is 6.30. The van der Waals surface area contributed by atoms with Crippen LogP contribution < -0.4 is 10.6 Å². The van der Waals surface area contributed by atoms with E-state index in [0.717, 1.165) is 24.1 Å². The number of benzene rings is 1. The van der Waals surface area contributed by atoms with E-state index in [4.69, 9.17) is 11.6 Å². The summed E-state index contributed by atoms with van der Waals surface area (Å²) in [5.74, 6) is 1.66. The molecule has 0 saturated heterocycles. The first-order chi connectivity index (χ1) is 10.2. The van der Waals surface area contributed by atoms with Crippen molar-refractivity contribution in [3.05, 3.63) is 29.3 Å². The molecule has 1 aromatic rings. The molecule has 0 bridgehead atoms. The lowest BCUT2D eigenvalue weighted by Gasteiger charge is -2.27. The number of carbonyl (C=O) groups is 1. The first-order valence-electron chi connectivity index (χ1n) is 7.93. The summed E-state index contributed by atoms with van der Waals surface area (Å²) in [4.78, 5) is 11.8. The van der Waals surface area contributed by atoms with Crippen LogP contribution in [-0.4, -0.2) is 19.0 Å². The van der Waals surface area contributed by atoms with Crippen molar-refractivity contribution in [1.29, 1.82) is 0 Å². The van der Waals surface area contributed by atoms with Crippen molar-refractivity contribution >= 4 is 23.2 Å². The molecule has 1 saturated carbocycles. The van der Waals surface area contributed by atoms with Gasteiger partial charge in [0.1, 0.15) is 0 Å². The molecule has 3 nitrogen and oxygen atoms in total. The third-order valence-electron chi connectivity index (χ3n) is 4.39. The number of hydrogen-bond acceptors (Lipinski definition) is 2. The van der Waals surface area contributed by atoms with E-state index >= 15 is 0 Å². The second-order valence-electron chi connectivity index (χ2n) is 5.98. The first-order valence-corrected chi connectivity index (χ1v) is 8.31. The van der Waals surface area contributed by atoms with Crippen molar-refractivity contribution < 1.29 is 4.79 Å². The molecular formula is C17H25ClN2O. The summed E-state index contributed by atoms with van der Waals surface area (Å²) in [5.41, 5.74) is 0.787. The van der Waals surface area contributed by atoms with Gasteiger partial charge in [-0.1, -0.05) is 37.8 Å². The van der Waals surface area contributed by atoms with E-state index < -0.39 is 0 Å². The van der Waals surface area contributed by atoms with Crippen LogP contribution in [0.5, 0.6) is 0 Å². The van der Waals surface area contributed by atoms with Crippen molar-refractivity contribution in [2.24, 2.45) is 11.8 Å². The summed E-state index contributed by atoms with van der Waals surface area (Å²) < 4.78 is 0. The Balaban J connectivity index is 1.62. The minimum atomic E-state index is -0.000401. The summed E-state index contributed by atoms with van der Waals surface area (Å²) in [6.07, 6.45) is 6.60. The van der Waals surface area contributed by atoms with Crippen molar-refractivity contribution in [1.82, 2.24) is 5.32 Å². The van der Waals surface area contributed by atoms with E-state index in [-0.39, 0.29) is 5.91 Å². The fraction of sp³-hybridized carbons (Fsp3) is 0.588. The fourth-order valence-corrected chi connectivity index (χ4v) is 3.10. The van der Waals surface area contributed by atoms with Crippen molar-refractivity contribution in [3.8, 4) is 0 Å². The van der Waals surface area contributed by atoms with Gasteiger partial charge >= 0.3 is 0 Å². The average molecular weight is 309 g/mol. The van der Waals surface area contributed by atoms with Crippen LogP contribution >= 0.6 is 11.6 Å². The second kappa shape index (κ2) is 8.40. The molecule has 0 atom stereocenters. The number of amides is 1. The Bertz CT molecular complexity index is 439. The Morgan fingerprint density at radius 1 is 1.14 bits per heavy atom. The Morgan fingerprint density at radius 3 is 2.38 bits per heavy atom. The number of carbonyl (C=O) groups excluding carboxylic acids is 1. The van der Waals surface area contributed by atoms with E-state index in [2.05, 4.69) is 17.6 Å². The van der Waals surface area contributed by atoms with Crippen molar-refractivity contribution in [2.45, 2.75) is 39.0 Å². The smallest absolute Gasteiger partial charge is 0.238 e. The Labute approximate surface area is 132 Å². The highest BCUT2D eigenvalue weighted by Crippen LogP contribution is 2.29. The first kappa shape index (κ1) is 16.3. The molecule has 1 aromatic carbocycles. The van der Waals surface area contributed by atoms with Gasteiger partial charge in [-0.3, -0.25) is 4.79 Å². The standard InChI is InChI=1S/C17H25ClN2O/c1-2-13-3-5-14(6-4-13)11-19-12-17(21)20-16-9-7-15(18)8-10-16/h7-10,13-14,19H,2-6,11-12H2,1H3,(H,20,21). The lowest BCUT2D eigenvalue weighted by atomic mass is 9.81. The summed E-state index contributed by atoms with van der Waals surface area (Å²) in [7, 11) is 0. The van der Waals surface area contributed by atoms with Crippen LogP contribution in [0.3, 0.4) is 0 Å². The molecule has 1 aliphatic carbocycles. The van der Waals surface area contributed by atoms with Crippen LogP contribution in [0.25, 0.3) is 0 Å². The molecule has 0 aromatic heterocycles. The van der Waals surface area contributed by atoms with Gasteiger partial charge in [-0.2, -0.15) is 0 Å². The second-order valence-corrected chi connectivity index (χ2v) is 6.42. The molecule has 1 amide bonds. The number of anilines is 1. The van der Waals surface area contributed by atoms with Crippen LogP contribution in [0.15, 0.2) is 24.3 Å². The van der Waals surface area contributed by atoms with E-state index in [1.807, 2.05) is 12.1 Å². The molecule has 2 N–H and O–H groups in total. The van der Waals surface area contributed by atoms with Gasteiger partial charge < -0.3 is 10.6 Å². The quantitative estimate of drug-likeness (QED) is 0.831. The SMILES string of the molecule is CCC1CCC(CNCC(=O)Nc2ccc(Cl)cc2)CC1. The molecule has 1 aliphatic rings. The summed E-state index contributed by atoms with van der Waals surface area (Å²) in [6, 6.07) is 7.17. The molecule has 116 valence electrons. The van der Waals surface area contributed by atoms with Gasteiger partial charge in [-0.25, -0.2) is 0 Å². The number of halogens is 1. The minimum absolute atomic E-state index is 0.000401. The Hall–Kier alpha value is -1.06. The summed E-state index contributed by atoms with van der Waals surface area (Å²) in [5, 5.41) is 6.82. The number of hydrogen-bond donors (Lipinski definition) is 2. The maximum absolute atomic E-state index is 11.8. The molecule has 4 heteroatoms. The third kappa shape index (κ3) is 5.68. The molecule has 0 spiro atoms. The predicted molar refractivity (Wildman–Crippen MR) is 88.7 cm³/mol. The molecular weight excluding hydrogens is 284 g/mol. The van der Waals surface area contributed by atoms with Crippen molar-refractivity contribution in [3.63, 3.8) is 0 Å². The van der Waals surface area contributed by atoms with Gasteiger partial charge in [0.15, 0.2) is 0 Å². The van der Waals surface area contributed by atoms with Gasteiger partial charge in [0.05, 0.1) is 6.54 Å². The molecule has 0 aliphatic heterocycles. The summed E-state index contributed by atoms with van der Waals surface area (Å²) in [6.45, 7) is 3.60. The number of rotatable bonds is 6. The van der Waals surface area contributed by atoms with E-state index in [9.17, 15) is 4.79 Å². The molecule has 0 heterocycles. The largest absolute Gasteiger partial charge is 0.325 e. The molecule has 21 heavy (non-hydrogen) atoms. The van der Waals surface area contributed by atoms with Crippen LogP contribution in [0.1, 0.15) is 39.0 Å². The van der Waals surface area contributed by atoms with E-state index in [1.165, 1.54) is 32.1 Å². The fourth-order valence-electron chi connectivity index (χ4n) is 2.97. The van der Waals surface area contributed by atoms with Crippen LogP contribution in [0.4, 0.5) is 5.69 Å². The average Bonchev–Trinajstić information content (AvgIpc) is 2.50. The van der Waals surface area contributed by atoms with Gasteiger partial charge in [0.25, 0.3) is 0 Å². The highest BCUT2D eigenvalue weighted by atomic mass is 35.5. The van der Waals surface area contributed by atoms with Gasteiger partial charge in [-0.05, 0) is 55.5 Å². The zero-order valence-corrected chi connectivity index (χ0v) is 13.5. The van der Waals surface area contributed by atoms with E-state index in [1.54, 1.807) is 12.1 Å². The molecule has 2 rings (SSSR count). The summed E-state index contributed by atoms with van der Waals surface area (Å²) >= 11 is 5.81. The van der Waals surface area contributed by atoms with E-state index in [0.29, 0.717) is 11.6 Å². The minimum Gasteiger partial charge on any atom is -0.325 e. The zero-order chi connectivity index (χ0) is 15.1. The van der Waals surface area contributed by atoms with Gasteiger partial charge in [0.2, 0.25) is 5.91 Å². The van der Waals surface area contributed by atoms with Crippen LogP contribution in [-0.2, 0) is 4.79 Å². The molecule has 0 unspecified atom stereocenters.